The quantitative estimate of drug-likeness (QED) is 0.222. The molecule has 1 aromatic heterocycles. The highest BCUT2D eigenvalue weighted by Gasteiger charge is 2.14. The van der Waals surface area contributed by atoms with Crippen molar-refractivity contribution in [3.63, 3.8) is 0 Å². The lowest BCUT2D eigenvalue weighted by atomic mass is 10.2. The summed E-state index contributed by atoms with van der Waals surface area (Å²) in [6, 6.07) is 17.3. The van der Waals surface area contributed by atoms with E-state index in [2.05, 4.69) is 20.6 Å². The minimum Gasteiger partial charge on any atom is -0.465 e. The molecule has 3 aromatic carbocycles. The number of nitro groups is 1. The summed E-state index contributed by atoms with van der Waals surface area (Å²) >= 11 is 0. The molecular weight excluding hydrogens is 454 g/mol. The van der Waals surface area contributed by atoms with Crippen LogP contribution in [0.5, 0.6) is 0 Å². The normalized spacial score (nSPS) is 10.5. The van der Waals surface area contributed by atoms with E-state index in [1.54, 1.807) is 48.5 Å². The zero-order chi connectivity index (χ0) is 24.9. The van der Waals surface area contributed by atoms with Crippen LogP contribution in [0.15, 0.2) is 66.7 Å². The molecule has 0 aliphatic carbocycles. The molecule has 1 heterocycles. The van der Waals surface area contributed by atoms with Crippen molar-refractivity contribution in [3.05, 3.63) is 88.0 Å². The Balaban J connectivity index is 1.72. The van der Waals surface area contributed by atoms with E-state index in [0.29, 0.717) is 45.2 Å². The number of ether oxygens (including phenoxy) is 2. The minimum absolute atomic E-state index is 0.112. The van der Waals surface area contributed by atoms with Crippen molar-refractivity contribution in [3.8, 4) is 0 Å². The van der Waals surface area contributed by atoms with Crippen LogP contribution in [0.4, 0.5) is 28.7 Å². The third kappa shape index (κ3) is 5.14. The number of anilines is 4. The summed E-state index contributed by atoms with van der Waals surface area (Å²) in [6.07, 6.45) is 0. The van der Waals surface area contributed by atoms with Gasteiger partial charge in [-0.3, -0.25) is 10.1 Å². The predicted octanol–water partition coefficient (Wildman–Crippen LogP) is 4.60. The van der Waals surface area contributed by atoms with Gasteiger partial charge in [-0.2, -0.15) is 0 Å². The van der Waals surface area contributed by atoms with Gasteiger partial charge in [0.25, 0.3) is 5.69 Å². The summed E-state index contributed by atoms with van der Waals surface area (Å²) in [4.78, 5) is 43.2. The highest BCUT2D eigenvalue weighted by Crippen LogP contribution is 2.29. The molecular formula is C24H19N5O6. The number of nitrogens with zero attached hydrogens (tertiary/aromatic N) is 3. The van der Waals surface area contributed by atoms with Crippen LogP contribution < -0.4 is 10.6 Å². The van der Waals surface area contributed by atoms with E-state index in [1.807, 2.05) is 0 Å². The number of hydrogen-bond donors (Lipinski definition) is 2. The molecule has 0 amide bonds. The monoisotopic (exact) mass is 473 g/mol. The Morgan fingerprint density at radius 1 is 0.743 bits per heavy atom. The Hall–Kier alpha value is -5.06. The predicted molar refractivity (Wildman–Crippen MR) is 128 cm³/mol. The third-order valence-corrected chi connectivity index (χ3v) is 5.00. The van der Waals surface area contributed by atoms with E-state index in [-0.39, 0.29) is 5.69 Å². The van der Waals surface area contributed by atoms with E-state index in [9.17, 15) is 19.7 Å². The molecule has 0 atom stereocenters. The molecule has 0 bridgehead atoms. The summed E-state index contributed by atoms with van der Waals surface area (Å²) in [5.41, 5.74) is 2.63. The van der Waals surface area contributed by atoms with Gasteiger partial charge in [-0.1, -0.05) is 0 Å². The second-order valence-corrected chi connectivity index (χ2v) is 7.24. The Morgan fingerprint density at radius 2 is 1.20 bits per heavy atom. The number of esters is 2. The van der Waals surface area contributed by atoms with Crippen LogP contribution in [0, 0.1) is 10.1 Å². The minimum atomic E-state index is -0.505. The molecule has 4 rings (SSSR count). The van der Waals surface area contributed by atoms with Gasteiger partial charge in [0.05, 0.1) is 41.3 Å². The van der Waals surface area contributed by atoms with Crippen molar-refractivity contribution in [2.24, 2.45) is 0 Å². The number of benzene rings is 3. The first kappa shape index (κ1) is 23.1. The SMILES string of the molecule is COC(=O)c1ccc(Nc2nc3ccc([N+](=O)[O-])cc3nc2Nc2ccc(C(=O)OC)cc2)cc1. The lowest BCUT2D eigenvalue weighted by molar-refractivity contribution is -0.384. The molecule has 0 spiro atoms. The van der Waals surface area contributed by atoms with Crippen molar-refractivity contribution in [1.82, 2.24) is 9.97 Å². The highest BCUT2D eigenvalue weighted by molar-refractivity contribution is 5.91. The summed E-state index contributed by atoms with van der Waals surface area (Å²) in [5, 5.41) is 17.5. The molecule has 0 saturated heterocycles. The van der Waals surface area contributed by atoms with E-state index >= 15 is 0 Å². The fourth-order valence-corrected chi connectivity index (χ4v) is 3.22. The van der Waals surface area contributed by atoms with Gasteiger partial charge < -0.3 is 20.1 Å². The molecule has 2 N–H and O–H groups in total. The number of nitrogens with one attached hydrogen (secondary N) is 2. The van der Waals surface area contributed by atoms with Crippen molar-refractivity contribution in [2.75, 3.05) is 24.9 Å². The molecule has 0 aliphatic heterocycles. The first-order valence-electron chi connectivity index (χ1n) is 10.2. The number of non-ortho nitro benzene ring substituents is 1. The standard InChI is InChI=1S/C24H19N5O6/c1-34-23(30)14-3-7-16(8-4-14)25-21-22(26-17-9-5-15(6-10-17)24(31)35-2)28-20-13-18(29(32)33)11-12-19(20)27-21/h3-13H,1-2H3,(H,25,27)(H,26,28). The van der Waals surface area contributed by atoms with Gasteiger partial charge in [0.2, 0.25) is 0 Å². The molecule has 0 fully saturated rings. The summed E-state index contributed by atoms with van der Waals surface area (Å²) < 4.78 is 9.43. The summed E-state index contributed by atoms with van der Waals surface area (Å²) in [5.74, 6) is -0.288. The molecule has 11 heteroatoms. The lowest BCUT2D eigenvalue weighted by Gasteiger charge is -2.14. The van der Waals surface area contributed by atoms with Crippen LogP contribution in [0.1, 0.15) is 20.7 Å². The molecule has 0 saturated carbocycles. The maximum Gasteiger partial charge on any atom is 0.337 e. The highest BCUT2D eigenvalue weighted by atomic mass is 16.6. The van der Waals surface area contributed by atoms with Crippen LogP contribution in [0.3, 0.4) is 0 Å². The maximum absolute atomic E-state index is 11.7. The summed E-state index contributed by atoms with van der Waals surface area (Å²) in [6.45, 7) is 0. The average molecular weight is 473 g/mol. The number of fused-ring (bicyclic) bond motifs is 1. The zero-order valence-electron chi connectivity index (χ0n) is 18.6. The van der Waals surface area contributed by atoms with Gasteiger partial charge in [0.1, 0.15) is 0 Å². The van der Waals surface area contributed by atoms with Crippen molar-refractivity contribution >= 4 is 51.7 Å². The van der Waals surface area contributed by atoms with Crippen LogP contribution >= 0.6 is 0 Å². The smallest absolute Gasteiger partial charge is 0.337 e. The maximum atomic E-state index is 11.7. The van der Waals surface area contributed by atoms with Gasteiger partial charge in [-0.15, -0.1) is 0 Å². The van der Waals surface area contributed by atoms with Gasteiger partial charge >= 0.3 is 11.9 Å². The second kappa shape index (κ2) is 9.83. The fraction of sp³-hybridized carbons (Fsp3) is 0.0833. The van der Waals surface area contributed by atoms with Crippen LogP contribution in [-0.4, -0.2) is 41.0 Å². The Labute approximate surface area is 198 Å². The molecule has 176 valence electrons. The number of rotatable bonds is 7. The number of methoxy groups -OCH3 is 2. The van der Waals surface area contributed by atoms with Crippen molar-refractivity contribution in [1.29, 1.82) is 0 Å². The number of carbonyl (C=O) groups is 2. The van der Waals surface area contributed by atoms with E-state index in [0.717, 1.165) is 0 Å². The fourth-order valence-electron chi connectivity index (χ4n) is 3.22. The molecule has 4 aromatic rings. The van der Waals surface area contributed by atoms with Gasteiger partial charge in [0, 0.05) is 23.5 Å². The Morgan fingerprint density at radius 3 is 1.63 bits per heavy atom. The largest absolute Gasteiger partial charge is 0.465 e. The average Bonchev–Trinajstić information content (AvgIpc) is 2.88. The van der Waals surface area contributed by atoms with Crippen LogP contribution in [-0.2, 0) is 9.47 Å². The van der Waals surface area contributed by atoms with Gasteiger partial charge in [0.15, 0.2) is 11.6 Å². The van der Waals surface area contributed by atoms with E-state index in [4.69, 9.17) is 9.47 Å². The Kier molecular flexibility index (Phi) is 6.49. The molecule has 35 heavy (non-hydrogen) atoms. The number of carbonyl (C=O) groups excluding carboxylic acids is 2. The first-order valence-corrected chi connectivity index (χ1v) is 10.2. The Bertz CT molecular complexity index is 1420. The zero-order valence-corrected chi connectivity index (χ0v) is 18.6. The lowest BCUT2D eigenvalue weighted by Crippen LogP contribution is -2.05. The van der Waals surface area contributed by atoms with Gasteiger partial charge in [-0.25, -0.2) is 19.6 Å². The van der Waals surface area contributed by atoms with E-state index in [1.165, 1.54) is 32.4 Å². The summed E-state index contributed by atoms with van der Waals surface area (Å²) in [7, 11) is 2.60. The van der Waals surface area contributed by atoms with Crippen molar-refractivity contribution in [2.45, 2.75) is 0 Å². The second-order valence-electron chi connectivity index (χ2n) is 7.24. The van der Waals surface area contributed by atoms with Crippen LogP contribution in [0.25, 0.3) is 11.0 Å². The van der Waals surface area contributed by atoms with Crippen molar-refractivity contribution < 1.29 is 24.0 Å². The van der Waals surface area contributed by atoms with E-state index < -0.39 is 16.9 Å². The van der Waals surface area contributed by atoms with Crippen LogP contribution in [0.2, 0.25) is 0 Å². The first-order chi connectivity index (χ1) is 16.9. The number of nitro benzene ring substituents is 1. The number of hydrogen-bond acceptors (Lipinski definition) is 10. The molecule has 11 nitrogen and oxygen atoms in total. The molecule has 0 aliphatic rings. The topological polar surface area (TPSA) is 146 Å². The van der Waals surface area contributed by atoms with Gasteiger partial charge in [-0.05, 0) is 54.6 Å². The molecule has 0 radical (unpaired) electrons. The third-order valence-electron chi connectivity index (χ3n) is 5.00. The molecule has 0 unspecified atom stereocenters. The number of aromatic nitrogens is 2.